The molecule has 0 bridgehead atoms. The number of hydrogen-bond acceptors (Lipinski definition) is 5. The van der Waals surface area contributed by atoms with Gasteiger partial charge < -0.3 is 9.47 Å². The Bertz CT molecular complexity index is 964. The average molecular weight is 366 g/mol. The van der Waals surface area contributed by atoms with E-state index in [-0.39, 0.29) is 5.97 Å². The van der Waals surface area contributed by atoms with Crippen molar-refractivity contribution in [2.24, 2.45) is 0 Å². The van der Waals surface area contributed by atoms with Crippen molar-refractivity contribution in [2.75, 3.05) is 13.7 Å². The van der Waals surface area contributed by atoms with E-state index in [9.17, 15) is 4.79 Å². The van der Waals surface area contributed by atoms with E-state index in [4.69, 9.17) is 9.47 Å². The summed E-state index contributed by atoms with van der Waals surface area (Å²) in [4.78, 5) is 13.6. The van der Waals surface area contributed by atoms with Gasteiger partial charge in [-0.25, -0.2) is 9.48 Å². The minimum Gasteiger partial charge on any atom is -0.497 e. The molecule has 4 rings (SSSR count). The Kier molecular flexibility index (Phi) is 4.42. The molecule has 0 aliphatic carbocycles. The van der Waals surface area contributed by atoms with Gasteiger partial charge in [0, 0.05) is 21.8 Å². The molecule has 132 valence electrons. The summed E-state index contributed by atoms with van der Waals surface area (Å²) >= 11 is 1.71. The first-order valence-corrected chi connectivity index (χ1v) is 9.37. The van der Waals surface area contributed by atoms with E-state index < -0.39 is 0 Å². The molecule has 0 unspecified atom stereocenters. The zero-order chi connectivity index (χ0) is 18.1. The van der Waals surface area contributed by atoms with Gasteiger partial charge in [-0.2, -0.15) is 5.10 Å². The number of aromatic nitrogens is 2. The van der Waals surface area contributed by atoms with Crippen LogP contribution in [0.4, 0.5) is 0 Å². The number of thioether (sulfide) groups is 1. The van der Waals surface area contributed by atoms with Gasteiger partial charge in [0.05, 0.1) is 25.1 Å². The molecule has 26 heavy (non-hydrogen) atoms. The van der Waals surface area contributed by atoms with Crippen molar-refractivity contribution in [1.29, 1.82) is 0 Å². The molecule has 0 saturated carbocycles. The van der Waals surface area contributed by atoms with Gasteiger partial charge in [0.25, 0.3) is 0 Å². The van der Waals surface area contributed by atoms with Crippen LogP contribution in [0.15, 0.2) is 53.4 Å². The molecular formula is C20H18N2O3S. The predicted molar refractivity (Wildman–Crippen MR) is 101 cm³/mol. The number of carbonyl (C=O) groups is 1. The molecule has 0 saturated heterocycles. The Morgan fingerprint density at radius 3 is 2.69 bits per heavy atom. The number of rotatable bonds is 4. The third kappa shape index (κ3) is 2.76. The molecule has 0 N–H and O–H groups in total. The fourth-order valence-electron chi connectivity index (χ4n) is 3.08. The number of carbonyl (C=O) groups excluding carboxylic acids is 1. The van der Waals surface area contributed by atoms with Gasteiger partial charge in [-0.3, -0.25) is 0 Å². The van der Waals surface area contributed by atoms with Gasteiger partial charge in [0.15, 0.2) is 5.69 Å². The number of fused-ring (bicyclic) bond motifs is 3. The quantitative estimate of drug-likeness (QED) is 0.643. The molecule has 0 spiro atoms. The Morgan fingerprint density at radius 1 is 1.19 bits per heavy atom. The normalized spacial score (nSPS) is 12.2. The minimum atomic E-state index is -0.379. The van der Waals surface area contributed by atoms with Crippen LogP contribution >= 0.6 is 11.8 Å². The van der Waals surface area contributed by atoms with Crippen LogP contribution in [-0.2, 0) is 10.5 Å². The largest absolute Gasteiger partial charge is 0.497 e. The SMILES string of the molecule is CCOC(=O)c1nn(-c2ccc(OC)cc2)c2c1CSc1ccccc1-2. The standard InChI is InChI=1S/C20H18N2O3S/c1-3-25-20(23)18-16-12-26-17-7-5-4-6-15(17)19(16)22(21-18)13-8-10-14(24-2)11-9-13/h4-11H,3,12H2,1-2H3. The van der Waals surface area contributed by atoms with Gasteiger partial charge in [-0.05, 0) is 37.3 Å². The Morgan fingerprint density at radius 2 is 1.96 bits per heavy atom. The van der Waals surface area contributed by atoms with Crippen molar-refractivity contribution in [3.05, 3.63) is 59.8 Å². The fraction of sp³-hybridized carbons (Fsp3) is 0.200. The molecule has 1 aliphatic heterocycles. The monoisotopic (exact) mass is 366 g/mol. The molecular weight excluding hydrogens is 348 g/mol. The van der Waals surface area contributed by atoms with Crippen LogP contribution < -0.4 is 4.74 Å². The molecule has 3 aromatic rings. The molecule has 0 radical (unpaired) electrons. The Labute approximate surface area is 155 Å². The number of methoxy groups -OCH3 is 1. The second-order valence-corrected chi connectivity index (χ2v) is 6.81. The van der Waals surface area contributed by atoms with E-state index in [1.54, 1.807) is 25.8 Å². The molecule has 0 fully saturated rings. The summed E-state index contributed by atoms with van der Waals surface area (Å²) in [6.45, 7) is 2.13. The highest BCUT2D eigenvalue weighted by atomic mass is 32.2. The van der Waals surface area contributed by atoms with Crippen LogP contribution in [0.1, 0.15) is 23.0 Å². The van der Waals surface area contributed by atoms with Gasteiger partial charge in [0.2, 0.25) is 0 Å². The third-order valence-electron chi connectivity index (χ3n) is 4.28. The summed E-state index contributed by atoms with van der Waals surface area (Å²) in [5, 5.41) is 4.62. The zero-order valence-corrected chi connectivity index (χ0v) is 15.4. The lowest BCUT2D eigenvalue weighted by Crippen LogP contribution is -2.08. The second kappa shape index (κ2) is 6.88. The van der Waals surface area contributed by atoms with E-state index in [0.717, 1.165) is 28.3 Å². The average Bonchev–Trinajstić information content (AvgIpc) is 3.08. The van der Waals surface area contributed by atoms with Crippen LogP contribution in [-0.4, -0.2) is 29.5 Å². The molecule has 1 aliphatic rings. The number of esters is 1. The molecule has 0 atom stereocenters. The summed E-state index contributed by atoms with van der Waals surface area (Å²) in [6.07, 6.45) is 0. The number of ether oxygens (including phenoxy) is 2. The van der Waals surface area contributed by atoms with Crippen LogP contribution in [0.5, 0.6) is 5.75 Å². The third-order valence-corrected chi connectivity index (χ3v) is 5.38. The highest BCUT2D eigenvalue weighted by molar-refractivity contribution is 7.98. The van der Waals surface area contributed by atoms with Crippen molar-refractivity contribution < 1.29 is 14.3 Å². The van der Waals surface area contributed by atoms with Crippen LogP contribution in [0.2, 0.25) is 0 Å². The molecule has 5 nitrogen and oxygen atoms in total. The van der Waals surface area contributed by atoms with Crippen LogP contribution in [0.3, 0.4) is 0 Å². The van der Waals surface area contributed by atoms with Crippen molar-refractivity contribution >= 4 is 17.7 Å². The zero-order valence-electron chi connectivity index (χ0n) is 14.6. The maximum atomic E-state index is 12.4. The summed E-state index contributed by atoms with van der Waals surface area (Å²) in [7, 11) is 1.64. The molecule has 0 amide bonds. The van der Waals surface area contributed by atoms with E-state index in [0.29, 0.717) is 18.1 Å². The smallest absolute Gasteiger partial charge is 0.359 e. The topological polar surface area (TPSA) is 53.3 Å². The van der Waals surface area contributed by atoms with Gasteiger partial charge >= 0.3 is 5.97 Å². The Hall–Kier alpha value is -2.73. The van der Waals surface area contributed by atoms with Crippen LogP contribution in [0.25, 0.3) is 16.9 Å². The second-order valence-electron chi connectivity index (χ2n) is 5.79. The lowest BCUT2D eigenvalue weighted by atomic mass is 10.1. The lowest BCUT2D eigenvalue weighted by molar-refractivity contribution is 0.0518. The van der Waals surface area contributed by atoms with Crippen molar-refractivity contribution in [3.8, 4) is 22.7 Å². The first-order valence-electron chi connectivity index (χ1n) is 8.38. The van der Waals surface area contributed by atoms with E-state index in [1.807, 2.05) is 41.1 Å². The van der Waals surface area contributed by atoms with E-state index in [1.165, 1.54) is 4.90 Å². The fourth-order valence-corrected chi connectivity index (χ4v) is 4.14. The van der Waals surface area contributed by atoms with Gasteiger partial charge in [-0.15, -0.1) is 11.8 Å². The first kappa shape index (κ1) is 16.7. The summed E-state index contributed by atoms with van der Waals surface area (Å²) in [5.74, 6) is 1.09. The minimum absolute atomic E-state index is 0.326. The van der Waals surface area contributed by atoms with Gasteiger partial charge in [0.1, 0.15) is 5.75 Å². The lowest BCUT2D eigenvalue weighted by Gasteiger charge is -2.18. The molecule has 2 heterocycles. The molecule has 1 aromatic heterocycles. The maximum absolute atomic E-state index is 12.4. The van der Waals surface area contributed by atoms with Crippen molar-refractivity contribution in [2.45, 2.75) is 17.6 Å². The predicted octanol–water partition coefficient (Wildman–Crippen LogP) is 4.33. The van der Waals surface area contributed by atoms with Crippen molar-refractivity contribution in [3.63, 3.8) is 0 Å². The van der Waals surface area contributed by atoms with Crippen molar-refractivity contribution in [1.82, 2.24) is 9.78 Å². The number of nitrogens with zero attached hydrogens (tertiary/aromatic N) is 2. The maximum Gasteiger partial charge on any atom is 0.359 e. The first-order chi connectivity index (χ1) is 12.7. The van der Waals surface area contributed by atoms with E-state index in [2.05, 4.69) is 17.2 Å². The highest BCUT2D eigenvalue weighted by Gasteiger charge is 2.29. The highest BCUT2D eigenvalue weighted by Crippen LogP contribution is 2.43. The molecule has 6 heteroatoms. The summed E-state index contributed by atoms with van der Waals surface area (Å²) in [6, 6.07) is 15.8. The molecule has 2 aromatic carbocycles. The Balaban J connectivity index is 1.92. The summed E-state index contributed by atoms with van der Waals surface area (Å²) < 4.78 is 12.3. The number of hydrogen-bond donors (Lipinski definition) is 0. The summed E-state index contributed by atoms with van der Waals surface area (Å²) in [5.41, 5.74) is 4.21. The number of benzene rings is 2. The van der Waals surface area contributed by atoms with E-state index >= 15 is 0 Å². The van der Waals surface area contributed by atoms with Gasteiger partial charge in [-0.1, -0.05) is 18.2 Å². The van der Waals surface area contributed by atoms with Crippen LogP contribution in [0, 0.1) is 0 Å².